The van der Waals surface area contributed by atoms with Crippen LogP contribution in [0.2, 0.25) is 0 Å². The molecule has 1 N–H and O–H groups in total. The number of aromatic nitrogens is 2. The van der Waals surface area contributed by atoms with E-state index >= 15 is 0 Å². The molecule has 0 saturated carbocycles. The Balaban J connectivity index is 1.51. The zero-order chi connectivity index (χ0) is 19.9. The number of nitrogens with one attached hydrogen (secondary N) is 1. The van der Waals surface area contributed by atoms with E-state index in [1.807, 2.05) is 49.1 Å². The fourth-order valence-corrected chi connectivity index (χ4v) is 3.34. The van der Waals surface area contributed by atoms with Crippen molar-refractivity contribution in [1.82, 2.24) is 14.9 Å². The Morgan fingerprint density at radius 3 is 2.50 bits per heavy atom. The minimum Gasteiger partial charge on any atom is -0.497 e. The van der Waals surface area contributed by atoms with Gasteiger partial charge in [-0.2, -0.15) is 4.98 Å². The molecule has 1 aromatic carbocycles. The van der Waals surface area contributed by atoms with Crippen molar-refractivity contribution in [2.45, 2.75) is 26.7 Å². The van der Waals surface area contributed by atoms with Gasteiger partial charge in [-0.1, -0.05) is 12.1 Å². The van der Waals surface area contributed by atoms with Crippen molar-refractivity contribution in [2.75, 3.05) is 50.1 Å². The van der Waals surface area contributed by atoms with Gasteiger partial charge < -0.3 is 19.9 Å². The number of aryl methyl sites for hydroxylation is 2. The highest BCUT2D eigenvalue weighted by Crippen LogP contribution is 2.18. The summed E-state index contributed by atoms with van der Waals surface area (Å²) >= 11 is 0. The topological polar surface area (TPSA) is 70.6 Å². The molecule has 0 aliphatic carbocycles. The van der Waals surface area contributed by atoms with Gasteiger partial charge in [-0.25, -0.2) is 4.98 Å². The lowest BCUT2D eigenvalue weighted by molar-refractivity contribution is -0.131. The number of amides is 1. The number of carbonyl (C=O) groups is 1. The molecule has 0 atom stereocenters. The van der Waals surface area contributed by atoms with Crippen LogP contribution in [0, 0.1) is 6.92 Å². The summed E-state index contributed by atoms with van der Waals surface area (Å²) < 4.78 is 5.17. The molecule has 1 aliphatic rings. The summed E-state index contributed by atoms with van der Waals surface area (Å²) in [6.45, 7) is 7.82. The first-order valence-electron chi connectivity index (χ1n) is 9.84. The third-order valence-electron chi connectivity index (χ3n) is 4.92. The number of benzene rings is 1. The molecular formula is C21H29N5O2. The minimum absolute atomic E-state index is 0.211. The molecule has 3 rings (SSSR count). The van der Waals surface area contributed by atoms with Crippen molar-refractivity contribution >= 4 is 17.7 Å². The van der Waals surface area contributed by atoms with Crippen LogP contribution in [0.25, 0.3) is 0 Å². The van der Waals surface area contributed by atoms with E-state index in [2.05, 4.69) is 20.2 Å². The summed E-state index contributed by atoms with van der Waals surface area (Å²) in [5, 5.41) is 3.17. The van der Waals surface area contributed by atoms with Gasteiger partial charge in [0.05, 0.1) is 7.11 Å². The normalized spacial score (nSPS) is 14.1. The smallest absolute Gasteiger partial charge is 0.224 e. The van der Waals surface area contributed by atoms with Gasteiger partial charge in [-0.15, -0.1) is 0 Å². The Bertz CT molecular complexity index is 786. The number of hydrogen-bond donors (Lipinski definition) is 1. The molecule has 0 bridgehead atoms. The molecule has 150 valence electrons. The summed E-state index contributed by atoms with van der Waals surface area (Å²) in [5.74, 6) is 2.63. The molecule has 2 heterocycles. The van der Waals surface area contributed by atoms with Gasteiger partial charge in [0.2, 0.25) is 11.9 Å². The van der Waals surface area contributed by atoms with Crippen molar-refractivity contribution in [3.63, 3.8) is 0 Å². The zero-order valence-electron chi connectivity index (χ0n) is 16.9. The molecule has 1 amide bonds. The van der Waals surface area contributed by atoms with E-state index in [9.17, 15) is 4.79 Å². The van der Waals surface area contributed by atoms with Crippen LogP contribution in [-0.4, -0.2) is 60.6 Å². The third kappa shape index (κ3) is 5.12. The largest absolute Gasteiger partial charge is 0.497 e. The lowest BCUT2D eigenvalue weighted by Crippen LogP contribution is -2.49. The Labute approximate surface area is 166 Å². The second-order valence-electron chi connectivity index (χ2n) is 6.94. The summed E-state index contributed by atoms with van der Waals surface area (Å²) in [7, 11) is 1.65. The molecule has 1 saturated heterocycles. The molecule has 0 unspecified atom stereocenters. The van der Waals surface area contributed by atoms with Gasteiger partial charge in [-0.05, 0) is 38.0 Å². The van der Waals surface area contributed by atoms with Gasteiger partial charge >= 0.3 is 0 Å². The summed E-state index contributed by atoms with van der Waals surface area (Å²) in [4.78, 5) is 25.8. The number of ether oxygens (including phenoxy) is 1. The second kappa shape index (κ2) is 9.39. The van der Waals surface area contributed by atoms with Crippen LogP contribution in [0.5, 0.6) is 5.75 Å². The lowest BCUT2D eigenvalue weighted by atomic mass is 10.1. The predicted molar refractivity (Wildman–Crippen MR) is 111 cm³/mol. The van der Waals surface area contributed by atoms with Crippen LogP contribution in [0.4, 0.5) is 11.8 Å². The number of piperazine rings is 1. The molecule has 1 aliphatic heterocycles. The molecular weight excluding hydrogens is 354 g/mol. The average molecular weight is 383 g/mol. The SMILES string of the molecule is CCNc1nc(C)cc(N2CCN(C(=O)CCc3ccc(OC)cc3)CC2)n1. The number of rotatable bonds is 7. The quantitative estimate of drug-likeness (QED) is 0.792. The van der Waals surface area contributed by atoms with Crippen molar-refractivity contribution in [1.29, 1.82) is 0 Å². The van der Waals surface area contributed by atoms with Gasteiger partial charge in [0, 0.05) is 50.9 Å². The maximum atomic E-state index is 12.6. The fourth-order valence-electron chi connectivity index (χ4n) is 3.34. The Kier molecular flexibility index (Phi) is 6.68. The van der Waals surface area contributed by atoms with E-state index < -0.39 is 0 Å². The molecule has 2 aromatic rings. The van der Waals surface area contributed by atoms with Gasteiger partial charge in [-0.3, -0.25) is 4.79 Å². The molecule has 0 radical (unpaired) electrons. The van der Waals surface area contributed by atoms with Crippen molar-refractivity contribution in [2.24, 2.45) is 0 Å². The zero-order valence-corrected chi connectivity index (χ0v) is 16.9. The highest BCUT2D eigenvalue weighted by Gasteiger charge is 2.22. The van der Waals surface area contributed by atoms with Crippen LogP contribution < -0.4 is 15.0 Å². The standard InChI is InChI=1S/C21H29N5O2/c1-4-22-21-23-16(2)15-19(24-21)25-11-13-26(14-12-25)20(27)10-7-17-5-8-18(28-3)9-6-17/h5-6,8-9,15H,4,7,10-14H2,1-3H3,(H,22,23,24). The Morgan fingerprint density at radius 1 is 1.14 bits per heavy atom. The van der Waals surface area contributed by atoms with E-state index in [0.717, 1.165) is 62.0 Å². The van der Waals surface area contributed by atoms with Crippen LogP contribution in [0.3, 0.4) is 0 Å². The molecule has 28 heavy (non-hydrogen) atoms. The second-order valence-corrected chi connectivity index (χ2v) is 6.94. The minimum atomic E-state index is 0.211. The summed E-state index contributed by atoms with van der Waals surface area (Å²) in [6, 6.07) is 9.91. The number of methoxy groups -OCH3 is 1. The molecule has 1 aromatic heterocycles. The molecule has 7 heteroatoms. The number of nitrogens with zero attached hydrogens (tertiary/aromatic N) is 4. The maximum Gasteiger partial charge on any atom is 0.224 e. The summed E-state index contributed by atoms with van der Waals surface area (Å²) in [5.41, 5.74) is 2.10. The lowest BCUT2D eigenvalue weighted by Gasteiger charge is -2.35. The highest BCUT2D eigenvalue weighted by molar-refractivity contribution is 5.76. The van der Waals surface area contributed by atoms with Crippen molar-refractivity contribution in [3.8, 4) is 5.75 Å². The van der Waals surface area contributed by atoms with Crippen molar-refractivity contribution < 1.29 is 9.53 Å². The first-order valence-corrected chi connectivity index (χ1v) is 9.84. The molecule has 1 fully saturated rings. The van der Waals surface area contributed by atoms with E-state index in [0.29, 0.717) is 12.4 Å². The monoisotopic (exact) mass is 383 g/mol. The number of carbonyl (C=O) groups excluding carboxylic acids is 1. The van der Waals surface area contributed by atoms with Crippen LogP contribution >= 0.6 is 0 Å². The summed E-state index contributed by atoms with van der Waals surface area (Å²) in [6.07, 6.45) is 1.28. The molecule has 0 spiro atoms. The van der Waals surface area contributed by atoms with E-state index in [4.69, 9.17) is 4.74 Å². The third-order valence-corrected chi connectivity index (χ3v) is 4.92. The van der Waals surface area contributed by atoms with E-state index in [-0.39, 0.29) is 5.91 Å². The highest BCUT2D eigenvalue weighted by atomic mass is 16.5. The fraction of sp³-hybridized carbons (Fsp3) is 0.476. The number of hydrogen-bond acceptors (Lipinski definition) is 6. The Morgan fingerprint density at radius 2 is 1.86 bits per heavy atom. The first kappa shape index (κ1) is 19.9. The van der Waals surface area contributed by atoms with E-state index in [1.165, 1.54) is 0 Å². The van der Waals surface area contributed by atoms with Gasteiger partial charge in [0.1, 0.15) is 11.6 Å². The maximum absolute atomic E-state index is 12.6. The molecule has 7 nitrogen and oxygen atoms in total. The van der Waals surface area contributed by atoms with Gasteiger partial charge in [0.15, 0.2) is 0 Å². The van der Waals surface area contributed by atoms with Crippen LogP contribution in [-0.2, 0) is 11.2 Å². The predicted octanol–water partition coefficient (Wildman–Crippen LogP) is 2.51. The van der Waals surface area contributed by atoms with Crippen LogP contribution in [0.15, 0.2) is 30.3 Å². The van der Waals surface area contributed by atoms with Crippen molar-refractivity contribution in [3.05, 3.63) is 41.6 Å². The van der Waals surface area contributed by atoms with Crippen LogP contribution in [0.1, 0.15) is 24.6 Å². The van der Waals surface area contributed by atoms with E-state index in [1.54, 1.807) is 7.11 Å². The first-order chi connectivity index (χ1) is 13.6. The number of anilines is 2. The van der Waals surface area contributed by atoms with Gasteiger partial charge in [0.25, 0.3) is 0 Å². The Hall–Kier alpha value is -2.83. The average Bonchev–Trinajstić information content (AvgIpc) is 2.72.